The lowest BCUT2D eigenvalue weighted by Crippen LogP contribution is -2.57. The van der Waals surface area contributed by atoms with Gasteiger partial charge in [0.25, 0.3) is 5.91 Å². The predicted octanol–water partition coefficient (Wildman–Crippen LogP) is 2.97. The van der Waals surface area contributed by atoms with Crippen LogP contribution < -0.4 is 5.32 Å². The molecule has 1 fully saturated rings. The van der Waals surface area contributed by atoms with Crippen molar-refractivity contribution >= 4 is 21.8 Å². The molecule has 1 aliphatic carbocycles. The van der Waals surface area contributed by atoms with Gasteiger partial charge in [0.1, 0.15) is 0 Å². The average molecular weight is 325 g/mol. The number of halogens is 1. The first-order valence-electron chi connectivity index (χ1n) is 6.66. The second-order valence-electron chi connectivity index (χ2n) is 5.62. The Hall–Kier alpha value is -0.870. The molecule has 1 amide bonds. The third-order valence-electron chi connectivity index (χ3n) is 4.24. The van der Waals surface area contributed by atoms with Gasteiger partial charge in [0.2, 0.25) is 0 Å². The molecule has 4 heteroatoms. The molecule has 0 radical (unpaired) electrons. The number of amides is 1. The third kappa shape index (κ3) is 3.00. The molecule has 1 N–H and O–H groups in total. The zero-order valence-corrected chi connectivity index (χ0v) is 13.4. The van der Waals surface area contributed by atoms with E-state index in [0.29, 0.717) is 5.56 Å². The topological polar surface area (TPSA) is 32.3 Å². The number of carbonyl (C=O) groups is 1. The highest BCUT2D eigenvalue weighted by Crippen LogP contribution is 2.35. The van der Waals surface area contributed by atoms with Crippen molar-refractivity contribution in [1.29, 1.82) is 0 Å². The van der Waals surface area contributed by atoms with Crippen LogP contribution in [-0.2, 0) is 0 Å². The molecule has 0 bridgehead atoms. The predicted molar refractivity (Wildman–Crippen MR) is 81.5 cm³/mol. The summed E-state index contributed by atoms with van der Waals surface area (Å²) >= 11 is 3.46. The molecule has 0 aliphatic heterocycles. The molecule has 1 aromatic carbocycles. The Balaban J connectivity index is 1.99. The van der Waals surface area contributed by atoms with Crippen molar-refractivity contribution in [3.05, 3.63) is 33.8 Å². The summed E-state index contributed by atoms with van der Waals surface area (Å²) < 4.78 is 0.978. The van der Waals surface area contributed by atoms with E-state index >= 15 is 0 Å². The molecule has 19 heavy (non-hydrogen) atoms. The summed E-state index contributed by atoms with van der Waals surface area (Å²) in [5.41, 5.74) is 2.02. The summed E-state index contributed by atoms with van der Waals surface area (Å²) in [6.45, 7) is 2.74. The van der Waals surface area contributed by atoms with Gasteiger partial charge in [0.15, 0.2) is 0 Å². The molecule has 1 aliphatic rings. The van der Waals surface area contributed by atoms with Crippen LogP contribution in [0, 0.1) is 6.92 Å². The van der Waals surface area contributed by atoms with E-state index in [4.69, 9.17) is 0 Å². The molecule has 0 atom stereocenters. The van der Waals surface area contributed by atoms with Crippen molar-refractivity contribution in [2.24, 2.45) is 0 Å². The fraction of sp³-hybridized carbons (Fsp3) is 0.533. The molecule has 2 rings (SSSR count). The van der Waals surface area contributed by atoms with Crippen LogP contribution in [0.1, 0.15) is 35.2 Å². The number of hydrogen-bond donors (Lipinski definition) is 1. The van der Waals surface area contributed by atoms with E-state index < -0.39 is 0 Å². The van der Waals surface area contributed by atoms with Crippen LogP contribution in [0.25, 0.3) is 0 Å². The van der Waals surface area contributed by atoms with E-state index in [9.17, 15) is 4.79 Å². The maximum absolute atomic E-state index is 12.2. The normalized spacial score (nSPS) is 17.1. The van der Waals surface area contributed by atoms with Gasteiger partial charge in [-0.1, -0.05) is 22.0 Å². The van der Waals surface area contributed by atoms with E-state index in [-0.39, 0.29) is 11.4 Å². The molecular weight excluding hydrogens is 304 g/mol. The molecule has 0 unspecified atom stereocenters. The number of nitrogens with one attached hydrogen (secondary N) is 1. The zero-order valence-electron chi connectivity index (χ0n) is 11.8. The number of benzene rings is 1. The number of likely N-dealkylation sites (N-methyl/N-ethyl adjacent to an activating group) is 1. The first-order chi connectivity index (χ1) is 8.94. The van der Waals surface area contributed by atoms with Gasteiger partial charge in [0, 0.05) is 22.1 Å². The zero-order chi connectivity index (χ0) is 14.0. The van der Waals surface area contributed by atoms with E-state index in [0.717, 1.165) is 29.4 Å². The highest BCUT2D eigenvalue weighted by atomic mass is 79.9. The molecule has 0 heterocycles. The van der Waals surface area contributed by atoms with Crippen LogP contribution in [0.2, 0.25) is 0 Å². The monoisotopic (exact) mass is 324 g/mol. The van der Waals surface area contributed by atoms with E-state index in [1.807, 2.05) is 25.1 Å². The smallest absolute Gasteiger partial charge is 0.251 e. The Kier molecular flexibility index (Phi) is 4.31. The highest BCUT2D eigenvalue weighted by molar-refractivity contribution is 9.10. The summed E-state index contributed by atoms with van der Waals surface area (Å²) in [5, 5.41) is 3.07. The highest BCUT2D eigenvalue weighted by Gasteiger charge is 2.39. The minimum absolute atomic E-state index is 0.00817. The molecule has 0 spiro atoms. The van der Waals surface area contributed by atoms with E-state index in [1.165, 1.54) is 6.42 Å². The first-order valence-corrected chi connectivity index (χ1v) is 7.46. The van der Waals surface area contributed by atoms with Gasteiger partial charge < -0.3 is 10.2 Å². The van der Waals surface area contributed by atoms with Crippen molar-refractivity contribution < 1.29 is 4.79 Å². The van der Waals surface area contributed by atoms with Crippen molar-refractivity contribution in [3.63, 3.8) is 0 Å². The molecular formula is C15H21BrN2O. The van der Waals surface area contributed by atoms with Gasteiger partial charge >= 0.3 is 0 Å². The molecule has 1 aromatic rings. The van der Waals surface area contributed by atoms with Crippen LogP contribution >= 0.6 is 15.9 Å². The average Bonchev–Trinajstić information content (AvgIpc) is 2.30. The Morgan fingerprint density at radius 3 is 2.58 bits per heavy atom. The second kappa shape index (κ2) is 5.63. The fourth-order valence-electron chi connectivity index (χ4n) is 2.45. The number of rotatable bonds is 4. The van der Waals surface area contributed by atoms with Gasteiger partial charge in [-0.25, -0.2) is 0 Å². The Morgan fingerprint density at radius 1 is 1.42 bits per heavy atom. The summed E-state index contributed by atoms with van der Waals surface area (Å²) in [6.07, 6.45) is 3.58. The van der Waals surface area contributed by atoms with Gasteiger partial charge in [0.05, 0.1) is 0 Å². The van der Waals surface area contributed by atoms with Crippen LogP contribution in [0.15, 0.2) is 22.7 Å². The Labute approximate surface area is 123 Å². The van der Waals surface area contributed by atoms with Gasteiger partial charge in [-0.2, -0.15) is 0 Å². The minimum atomic E-state index is 0.00817. The van der Waals surface area contributed by atoms with Crippen molar-refractivity contribution in [2.45, 2.75) is 31.7 Å². The van der Waals surface area contributed by atoms with Crippen LogP contribution in [-0.4, -0.2) is 37.0 Å². The largest absolute Gasteiger partial charge is 0.350 e. The second-order valence-corrected chi connectivity index (χ2v) is 6.47. The van der Waals surface area contributed by atoms with Gasteiger partial charge in [-0.3, -0.25) is 4.79 Å². The lowest BCUT2D eigenvalue weighted by atomic mass is 9.75. The molecule has 1 saturated carbocycles. The molecule has 0 saturated heterocycles. The summed E-state index contributed by atoms with van der Waals surface area (Å²) in [6, 6.07) is 5.72. The lowest BCUT2D eigenvalue weighted by Gasteiger charge is -2.47. The first kappa shape index (κ1) is 14.5. The lowest BCUT2D eigenvalue weighted by molar-refractivity contribution is 0.0557. The molecule has 3 nitrogen and oxygen atoms in total. The van der Waals surface area contributed by atoms with Crippen LogP contribution in [0.3, 0.4) is 0 Å². The quantitative estimate of drug-likeness (QED) is 0.923. The molecule has 0 aromatic heterocycles. The van der Waals surface area contributed by atoms with Gasteiger partial charge in [-0.05, 0) is 58.0 Å². The maximum atomic E-state index is 12.2. The number of nitrogens with zero attached hydrogens (tertiary/aromatic N) is 1. The number of hydrogen-bond acceptors (Lipinski definition) is 2. The summed E-state index contributed by atoms with van der Waals surface area (Å²) in [5.74, 6) is 0.00817. The van der Waals surface area contributed by atoms with Gasteiger partial charge in [-0.15, -0.1) is 0 Å². The Morgan fingerprint density at radius 2 is 2.11 bits per heavy atom. The Bertz CT molecular complexity index is 481. The number of carbonyl (C=O) groups excluding carboxylic acids is 1. The standard InChI is InChI=1S/C15H21BrN2O/c1-11-5-6-12(9-13(11)16)14(19)17-10-15(18(2)3)7-4-8-15/h5-6,9H,4,7-8,10H2,1-3H3,(H,17,19). The summed E-state index contributed by atoms with van der Waals surface area (Å²) in [4.78, 5) is 14.4. The summed E-state index contributed by atoms with van der Waals surface area (Å²) in [7, 11) is 4.18. The van der Waals surface area contributed by atoms with Crippen molar-refractivity contribution in [3.8, 4) is 0 Å². The third-order valence-corrected chi connectivity index (χ3v) is 5.10. The maximum Gasteiger partial charge on any atom is 0.251 e. The van der Waals surface area contributed by atoms with E-state index in [2.05, 4.69) is 40.2 Å². The van der Waals surface area contributed by atoms with Crippen LogP contribution in [0.4, 0.5) is 0 Å². The SMILES string of the molecule is Cc1ccc(C(=O)NCC2(N(C)C)CCC2)cc1Br. The van der Waals surface area contributed by atoms with Crippen LogP contribution in [0.5, 0.6) is 0 Å². The molecule has 104 valence electrons. The number of aryl methyl sites for hydroxylation is 1. The van der Waals surface area contributed by atoms with Crippen molar-refractivity contribution in [1.82, 2.24) is 10.2 Å². The fourth-order valence-corrected chi connectivity index (χ4v) is 2.83. The van der Waals surface area contributed by atoms with Crippen molar-refractivity contribution in [2.75, 3.05) is 20.6 Å². The minimum Gasteiger partial charge on any atom is -0.350 e. The van der Waals surface area contributed by atoms with E-state index in [1.54, 1.807) is 0 Å².